The van der Waals surface area contributed by atoms with Crippen LogP contribution in [0.15, 0.2) is 18.2 Å². The van der Waals surface area contributed by atoms with Gasteiger partial charge in [-0.05, 0) is 24.5 Å². The maximum absolute atomic E-state index is 11.7. The van der Waals surface area contributed by atoms with Crippen molar-refractivity contribution in [3.05, 3.63) is 34.9 Å². The van der Waals surface area contributed by atoms with Crippen molar-refractivity contribution in [2.24, 2.45) is 5.92 Å². The van der Waals surface area contributed by atoms with Crippen molar-refractivity contribution in [1.29, 1.82) is 0 Å². The molecular formula is C19H22O3. The molecule has 1 atom stereocenters. The van der Waals surface area contributed by atoms with E-state index in [1.165, 1.54) is 25.7 Å². The molecule has 0 aliphatic carbocycles. The summed E-state index contributed by atoms with van der Waals surface area (Å²) in [4.78, 5) is 23.1. The van der Waals surface area contributed by atoms with Crippen molar-refractivity contribution in [2.75, 3.05) is 0 Å². The third-order valence-corrected chi connectivity index (χ3v) is 4.09. The van der Waals surface area contributed by atoms with Gasteiger partial charge in [-0.15, -0.1) is 0 Å². The first-order valence-electron chi connectivity index (χ1n) is 8.02. The predicted molar refractivity (Wildman–Crippen MR) is 85.6 cm³/mol. The summed E-state index contributed by atoms with van der Waals surface area (Å²) in [5.74, 6) is 5.75. The van der Waals surface area contributed by atoms with Crippen LogP contribution < -0.4 is 0 Å². The number of hydrogen-bond acceptors (Lipinski definition) is 3. The quantitative estimate of drug-likeness (QED) is 0.339. The van der Waals surface area contributed by atoms with Crippen LogP contribution in [0.25, 0.3) is 0 Å². The second-order valence-corrected chi connectivity index (χ2v) is 5.82. The maximum Gasteiger partial charge on any atom is 0.348 e. The summed E-state index contributed by atoms with van der Waals surface area (Å²) in [5, 5.41) is 0. The number of esters is 2. The molecule has 0 bridgehead atoms. The highest BCUT2D eigenvalue weighted by molar-refractivity contribution is 6.15. The Morgan fingerprint density at radius 1 is 1.14 bits per heavy atom. The Hall–Kier alpha value is -2.08. The molecular weight excluding hydrogens is 276 g/mol. The molecule has 0 fully saturated rings. The van der Waals surface area contributed by atoms with Crippen LogP contribution in [0.2, 0.25) is 0 Å². The summed E-state index contributed by atoms with van der Waals surface area (Å²) in [6.07, 6.45) is 6.84. The van der Waals surface area contributed by atoms with Gasteiger partial charge in [-0.25, -0.2) is 9.59 Å². The fourth-order valence-corrected chi connectivity index (χ4v) is 2.48. The average Bonchev–Trinajstić information content (AvgIpc) is 2.81. The zero-order chi connectivity index (χ0) is 15.9. The van der Waals surface area contributed by atoms with E-state index in [1.54, 1.807) is 18.2 Å². The fourth-order valence-electron chi connectivity index (χ4n) is 2.48. The first kappa shape index (κ1) is 16.3. The van der Waals surface area contributed by atoms with E-state index in [1.807, 2.05) is 0 Å². The Labute approximate surface area is 132 Å². The van der Waals surface area contributed by atoms with Gasteiger partial charge in [-0.2, -0.15) is 0 Å². The molecule has 0 spiro atoms. The van der Waals surface area contributed by atoms with Crippen molar-refractivity contribution in [1.82, 2.24) is 0 Å². The Balaban J connectivity index is 1.86. The van der Waals surface area contributed by atoms with E-state index >= 15 is 0 Å². The van der Waals surface area contributed by atoms with E-state index in [9.17, 15) is 9.59 Å². The molecule has 0 saturated heterocycles. The number of rotatable bonds is 6. The van der Waals surface area contributed by atoms with Crippen LogP contribution in [0.4, 0.5) is 0 Å². The van der Waals surface area contributed by atoms with Gasteiger partial charge in [0.1, 0.15) is 0 Å². The van der Waals surface area contributed by atoms with Gasteiger partial charge in [-0.1, -0.05) is 57.4 Å². The Morgan fingerprint density at radius 3 is 2.73 bits per heavy atom. The van der Waals surface area contributed by atoms with Crippen molar-refractivity contribution in [2.45, 2.75) is 52.4 Å². The van der Waals surface area contributed by atoms with E-state index in [4.69, 9.17) is 0 Å². The summed E-state index contributed by atoms with van der Waals surface area (Å²) in [6.45, 7) is 4.51. The number of benzene rings is 1. The van der Waals surface area contributed by atoms with Gasteiger partial charge in [-0.3, -0.25) is 0 Å². The zero-order valence-corrected chi connectivity index (χ0v) is 13.3. The van der Waals surface area contributed by atoms with Gasteiger partial charge in [0.15, 0.2) is 0 Å². The van der Waals surface area contributed by atoms with Gasteiger partial charge in [0.25, 0.3) is 0 Å². The summed E-state index contributed by atoms with van der Waals surface area (Å²) >= 11 is 0. The van der Waals surface area contributed by atoms with Crippen molar-refractivity contribution in [3.63, 3.8) is 0 Å². The summed E-state index contributed by atoms with van der Waals surface area (Å²) in [5.41, 5.74) is 1.23. The second kappa shape index (κ2) is 7.79. The minimum atomic E-state index is -0.585. The normalized spacial score (nSPS) is 14.1. The molecule has 1 aliphatic rings. The molecule has 0 amide bonds. The molecule has 0 N–H and O–H groups in total. The lowest BCUT2D eigenvalue weighted by Gasteiger charge is -2.06. The molecule has 22 heavy (non-hydrogen) atoms. The summed E-state index contributed by atoms with van der Waals surface area (Å²) < 4.78 is 4.62. The second-order valence-electron chi connectivity index (χ2n) is 5.82. The molecule has 1 aromatic carbocycles. The molecule has 1 heterocycles. The number of carbonyl (C=O) groups is 2. The van der Waals surface area contributed by atoms with Crippen LogP contribution in [-0.4, -0.2) is 11.9 Å². The number of fused-ring (bicyclic) bond motifs is 1. The zero-order valence-electron chi connectivity index (χ0n) is 13.3. The van der Waals surface area contributed by atoms with Crippen molar-refractivity contribution in [3.8, 4) is 11.8 Å². The van der Waals surface area contributed by atoms with Crippen LogP contribution in [0.5, 0.6) is 0 Å². The van der Waals surface area contributed by atoms with E-state index < -0.39 is 11.9 Å². The number of unbranched alkanes of at least 4 members (excludes halogenated alkanes) is 3. The lowest BCUT2D eigenvalue weighted by molar-refractivity contribution is 0.0443. The van der Waals surface area contributed by atoms with E-state index in [2.05, 4.69) is 30.4 Å². The Kier molecular flexibility index (Phi) is 5.77. The molecule has 2 rings (SSSR count). The minimum absolute atomic E-state index is 0.316. The molecule has 1 unspecified atom stereocenters. The van der Waals surface area contributed by atoms with Crippen molar-refractivity contribution < 1.29 is 14.3 Å². The molecule has 1 aromatic rings. The van der Waals surface area contributed by atoms with Gasteiger partial charge < -0.3 is 4.74 Å². The van der Waals surface area contributed by atoms with Gasteiger partial charge in [0.05, 0.1) is 11.1 Å². The fraction of sp³-hybridized carbons (Fsp3) is 0.474. The van der Waals surface area contributed by atoms with Crippen LogP contribution in [0.1, 0.15) is 78.7 Å². The molecule has 3 nitrogen and oxygen atoms in total. The standard InChI is InChI=1S/C19H22O3/c1-3-14(2)10-7-5-4-6-8-11-15-12-9-13-16-17(15)19(21)22-18(16)20/h9,12-14H,3-7,10H2,1-2H3. The van der Waals surface area contributed by atoms with Crippen LogP contribution in [0.3, 0.4) is 0 Å². The first-order valence-corrected chi connectivity index (χ1v) is 8.02. The average molecular weight is 298 g/mol. The number of cyclic esters (lactones) is 2. The monoisotopic (exact) mass is 298 g/mol. The number of hydrogen-bond donors (Lipinski definition) is 0. The van der Waals surface area contributed by atoms with Crippen LogP contribution in [0, 0.1) is 17.8 Å². The van der Waals surface area contributed by atoms with Gasteiger partial charge >= 0.3 is 11.9 Å². The highest BCUT2D eigenvalue weighted by Gasteiger charge is 2.31. The molecule has 0 radical (unpaired) electrons. The summed E-state index contributed by atoms with van der Waals surface area (Å²) in [7, 11) is 0. The Bertz CT molecular complexity index is 619. The van der Waals surface area contributed by atoms with Crippen molar-refractivity contribution >= 4 is 11.9 Å². The van der Waals surface area contributed by atoms with E-state index in [0.29, 0.717) is 16.7 Å². The minimum Gasteiger partial charge on any atom is -0.386 e. The third-order valence-electron chi connectivity index (χ3n) is 4.09. The molecule has 0 aromatic heterocycles. The predicted octanol–water partition coefficient (Wildman–Crippen LogP) is 4.35. The van der Waals surface area contributed by atoms with E-state index in [0.717, 1.165) is 18.8 Å². The van der Waals surface area contributed by atoms with Crippen LogP contribution in [-0.2, 0) is 4.74 Å². The van der Waals surface area contributed by atoms with E-state index in [-0.39, 0.29) is 0 Å². The van der Waals surface area contributed by atoms with Gasteiger partial charge in [0.2, 0.25) is 0 Å². The third kappa shape index (κ3) is 3.98. The molecule has 116 valence electrons. The highest BCUT2D eigenvalue weighted by atomic mass is 16.6. The smallest absolute Gasteiger partial charge is 0.348 e. The molecule has 3 heteroatoms. The maximum atomic E-state index is 11.7. The molecule has 1 aliphatic heterocycles. The first-order chi connectivity index (χ1) is 10.6. The summed E-state index contributed by atoms with van der Waals surface area (Å²) in [6, 6.07) is 5.09. The highest BCUT2D eigenvalue weighted by Crippen LogP contribution is 2.23. The van der Waals surface area contributed by atoms with Gasteiger partial charge in [0, 0.05) is 12.0 Å². The SMILES string of the molecule is CCC(C)CCCCCC#Cc1cccc2c1C(=O)OC2=O. The van der Waals surface area contributed by atoms with Crippen LogP contribution >= 0.6 is 0 Å². The molecule has 0 saturated carbocycles. The topological polar surface area (TPSA) is 43.4 Å². The lowest BCUT2D eigenvalue weighted by Crippen LogP contribution is -1.98. The lowest BCUT2D eigenvalue weighted by atomic mass is 10.0. The number of ether oxygens (including phenoxy) is 1. The largest absolute Gasteiger partial charge is 0.386 e. The number of carbonyl (C=O) groups excluding carboxylic acids is 2. The Morgan fingerprint density at radius 2 is 1.95 bits per heavy atom.